The molecule has 0 bridgehead atoms. The van der Waals surface area contributed by atoms with E-state index < -0.39 is 18.0 Å². The minimum atomic E-state index is -0.872. The topological polar surface area (TPSA) is 66.8 Å². The van der Waals surface area contributed by atoms with Crippen LogP contribution in [0.15, 0.2) is 72.8 Å². The maximum atomic E-state index is 13.1. The van der Waals surface area contributed by atoms with Crippen molar-refractivity contribution in [1.82, 2.24) is 4.90 Å². The standard InChI is InChI=1S/C28H27NO4/c1-18-10-12-19(13-11-18)20-14-21(27(30)31)16-29(15-20)28(32)33-17-26-24-8-4-2-6-22(24)23-7-3-5-9-25(23)26/h2-13,20-21,26H,14-17H2,1H3,(H,30,31). The molecule has 5 rings (SSSR count). The zero-order valence-electron chi connectivity index (χ0n) is 18.6. The van der Waals surface area contributed by atoms with Gasteiger partial charge in [-0.05, 0) is 41.2 Å². The van der Waals surface area contributed by atoms with Gasteiger partial charge in [0.1, 0.15) is 6.61 Å². The van der Waals surface area contributed by atoms with Crippen molar-refractivity contribution in [2.45, 2.75) is 25.2 Å². The number of hydrogen-bond donors (Lipinski definition) is 1. The predicted octanol–water partition coefficient (Wildman–Crippen LogP) is 5.43. The third-order valence-electron chi connectivity index (χ3n) is 6.94. The first-order chi connectivity index (χ1) is 16.0. The number of piperidine rings is 1. The smallest absolute Gasteiger partial charge is 0.409 e. The van der Waals surface area contributed by atoms with E-state index in [0.29, 0.717) is 13.0 Å². The molecule has 3 aromatic carbocycles. The normalized spacial score (nSPS) is 19.6. The van der Waals surface area contributed by atoms with Crippen LogP contribution in [0.1, 0.15) is 40.5 Å². The highest BCUT2D eigenvalue weighted by atomic mass is 16.6. The van der Waals surface area contributed by atoms with Crippen LogP contribution in [0.25, 0.3) is 11.1 Å². The Kier molecular flexibility index (Phi) is 5.63. The second-order valence-electron chi connectivity index (χ2n) is 9.09. The van der Waals surface area contributed by atoms with E-state index in [1.54, 1.807) is 4.90 Å². The zero-order valence-corrected chi connectivity index (χ0v) is 18.6. The van der Waals surface area contributed by atoms with Crippen molar-refractivity contribution in [3.8, 4) is 11.1 Å². The van der Waals surface area contributed by atoms with Crippen molar-refractivity contribution in [2.75, 3.05) is 19.7 Å². The van der Waals surface area contributed by atoms with Gasteiger partial charge in [0.15, 0.2) is 0 Å². The van der Waals surface area contributed by atoms with Crippen molar-refractivity contribution in [3.63, 3.8) is 0 Å². The summed E-state index contributed by atoms with van der Waals surface area (Å²) < 4.78 is 5.80. The number of amides is 1. The van der Waals surface area contributed by atoms with Crippen molar-refractivity contribution in [2.24, 2.45) is 5.92 Å². The maximum absolute atomic E-state index is 13.1. The van der Waals surface area contributed by atoms with E-state index in [2.05, 4.69) is 24.3 Å². The van der Waals surface area contributed by atoms with Crippen LogP contribution in [0, 0.1) is 12.8 Å². The van der Waals surface area contributed by atoms with Crippen LogP contribution < -0.4 is 0 Å². The lowest BCUT2D eigenvalue weighted by atomic mass is 9.84. The van der Waals surface area contributed by atoms with E-state index in [4.69, 9.17) is 4.74 Å². The Bertz CT molecular complexity index is 1140. The van der Waals surface area contributed by atoms with Gasteiger partial charge in [-0.1, -0.05) is 78.4 Å². The number of rotatable bonds is 4. The summed E-state index contributed by atoms with van der Waals surface area (Å²) in [6.07, 6.45) is 0.0749. The Hall–Kier alpha value is -3.60. The van der Waals surface area contributed by atoms with Crippen LogP contribution in [0.5, 0.6) is 0 Å². The Morgan fingerprint density at radius 1 is 0.909 bits per heavy atom. The zero-order chi connectivity index (χ0) is 22.9. The van der Waals surface area contributed by atoms with Gasteiger partial charge in [0, 0.05) is 24.9 Å². The lowest BCUT2D eigenvalue weighted by Gasteiger charge is -2.36. The van der Waals surface area contributed by atoms with E-state index in [1.807, 2.05) is 55.5 Å². The van der Waals surface area contributed by atoms with Gasteiger partial charge in [0.25, 0.3) is 0 Å². The summed E-state index contributed by atoms with van der Waals surface area (Å²) in [7, 11) is 0. The minimum absolute atomic E-state index is 0.0192. The van der Waals surface area contributed by atoms with Gasteiger partial charge in [-0.15, -0.1) is 0 Å². The van der Waals surface area contributed by atoms with Crippen molar-refractivity contribution < 1.29 is 19.4 Å². The molecule has 1 amide bonds. The maximum Gasteiger partial charge on any atom is 0.409 e. The predicted molar refractivity (Wildman–Crippen MR) is 126 cm³/mol. The number of nitrogens with zero attached hydrogens (tertiary/aromatic N) is 1. The highest BCUT2D eigenvalue weighted by molar-refractivity contribution is 5.79. The molecule has 168 valence electrons. The molecule has 2 aliphatic rings. The number of carboxylic acids is 1. The fourth-order valence-corrected chi connectivity index (χ4v) is 5.19. The van der Waals surface area contributed by atoms with Crippen LogP contribution in [-0.4, -0.2) is 41.8 Å². The molecule has 0 radical (unpaired) electrons. The monoisotopic (exact) mass is 441 g/mol. The van der Waals surface area contributed by atoms with Gasteiger partial charge in [0.2, 0.25) is 0 Å². The number of hydrogen-bond acceptors (Lipinski definition) is 3. The summed E-state index contributed by atoms with van der Waals surface area (Å²) in [5.74, 6) is -1.52. The number of aliphatic carboxylic acids is 1. The number of carbonyl (C=O) groups excluding carboxylic acids is 1. The van der Waals surface area contributed by atoms with E-state index >= 15 is 0 Å². The summed E-state index contributed by atoms with van der Waals surface area (Å²) in [4.78, 5) is 26.5. The summed E-state index contributed by atoms with van der Waals surface area (Å²) in [6, 6.07) is 24.5. The highest BCUT2D eigenvalue weighted by Crippen LogP contribution is 2.44. The molecule has 0 aromatic heterocycles. The Labute approximate surface area is 193 Å². The second-order valence-corrected chi connectivity index (χ2v) is 9.09. The lowest BCUT2D eigenvalue weighted by Crippen LogP contribution is -2.45. The van der Waals surface area contributed by atoms with Crippen LogP contribution >= 0.6 is 0 Å². The fourth-order valence-electron chi connectivity index (χ4n) is 5.19. The Balaban J connectivity index is 1.33. The van der Waals surface area contributed by atoms with Crippen LogP contribution in [0.4, 0.5) is 4.79 Å². The van der Waals surface area contributed by atoms with Crippen molar-refractivity contribution >= 4 is 12.1 Å². The first-order valence-electron chi connectivity index (χ1n) is 11.4. The number of fused-ring (bicyclic) bond motifs is 3. The molecule has 2 atom stereocenters. The first kappa shape index (κ1) is 21.3. The summed E-state index contributed by atoms with van der Waals surface area (Å²) in [5, 5.41) is 9.69. The van der Waals surface area contributed by atoms with Crippen LogP contribution in [0.2, 0.25) is 0 Å². The summed E-state index contributed by atoms with van der Waals surface area (Å²) in [5.41, 5.74) is 6.88. The quantitative estimate of drug-likeness (QED) is 0.586. The van der Waals surface area contributed by atoms with E-state index in [1.165, 1.54) is 11.1 Å². The molecule has 0 saturated carbocycles. The van der Waals surface area contributed by atoms with Gasteiger partial charge < -0.3 is 14.7 Å². The Morgan fingerprint density at radius 2 is 1.52 bits per heavy atom. The average Bonchev–Trinajstić information content (AvgIpc) is 3.16. The van der Waals surface area contributed by atoms with Gasteiger partial charge in [-0.2, -0.15) is 0 Å². The molecular formula is C28H27NO4. The highest BCUT2D eigenvalue weighted by Gasteiger charge is 2.36. The molecule has 5 nitrogen and oxygen atoms in total. The number of carboxylic acid groups (broad SMARTS) is 1. The molecule has 1 aliphatic heterocycles. The van der Waals surface area contributed by atoms with E-state index in [0.717, 1.165) is 22.3 Å². The molecule has 1 fully saturated rings. The SMILES string of the molecule is Cc1ccc(C2CC(C(=O)O)CN(C(=O)OCC3c4ccccc4-c4ccccc43)C2)cc1. The second kappa shape index (κ2) is 8.74. The molecular weight excluding hydrogens is 414 g/mol. The van der Waals surface area contributed by atoms with Gasteiger partial charge in [-0.25, -0.2) is 4.79 Å². The minimum Gasteiger partial charge on any atom is -0.481 e. The third kappa shape index (κ3) is 4.11. The number of benzene rings is 3. The molecule has 2 unspecified atom stereocenters. The van der Waals surface area contributed by atoms with Crippen molar-refractivity contribution in [3.05, 3.63) is 95.1 Å². The van der Waals surface area contributed by atoms with Gasteiger partial charge >= 0.3 is 12.1 Å². The van der Waals surface area contributed by atoms with E-state index in [-0.39, 0.29) is 25.0 Å². The molecule has 0 spiro atoms. The van der Waals surface area contributed by atoms with Crippen LogP contribution in [0.3, 0.4) is 0 Å². The van der Waals surface area contributed by atoms with Crippen molar-refractivity contribution in [1.29, 1.82) is 0 Å². The summed E-state index contributed by atoms with van der Waals surface area (Å²) in [6.45, 7) is 2.89. The largest absolute Gasteiger partial charge is 0.481 e. The molecule has 1 saturated heterocycles. The molecule has 5 heteroatoms. The third-order valence-corrected chi connectivity index (χ3v) is 6.94. The number of aryl methyl sites for hydroxylation is 1. The van der Waals surface area contributed by atoms with Crippen LogP contribution in [-0.2, 0) is 9.53 Å². The Morgan fingerprint density at radius 3 is 2.12 bits per heavy atom. The fraction of sp³-hybridized carbons (Fsp3) is 0.286. The summed E-state index contributed by atoms with van der Waals surface area (Å²) >= 11 is 0. The molecule has 1 aliphatic carbocycles. The number of carbonyl (C=O) groups is 2. The molecule has 1 heterocycles. The average molecular weight is 442 g/mol. The molecule has 3 aromatic rings. The number of likely N-dealkylation sites (tertiary alicyclic amines) is 1. The number of ether oxygens (including phenoxy) is 1. The molecule has 33 heavy (non-hydrogen) atoms. The lowest BCUT2D eigenvalue weighted by molar-refractivity contribution is -0.143. The molecule has 1 N–H and O–H groups in total. The van der Waals surface area contributed by atoms with E-state index in [9.17, 15) is 14.7 Å². The van der Waals surface area contributed by atoms with Gasteiger partial charge in [0.05, 0.1) is 5.92 Å². The van der Waals surface area contributed by atoms with Gasteiger partial charge in [-0.3, -0.25) is 4.79 Å². The first-order valence-corrected chi connectivity index (χ1v) is 11.4.